The van der Waals surface area contributed by atoms with Gasteiger partial charge in [0.15, 0.2) is 11.5 Å². The fraction of sp³-hybridized carbons (Fsp3) is 0.333. The number of hydrogen-bond donors (Lipinski definition) is 3. The number of aromatic hydroxyl groups is 2. The topological polar surface area (TPSA) is 66.5 Å². The third kappa shape index (κ3) is 2.79. The Labute approximate surface area is 83.6 Å². The number of hydrogen-bond acceptors (Lipinski definition) is 3. The van der Waals surface area contributed by atoms with E-state index in [0.717, 1.165) is 12.0 Å². The zero-order valence-electron chi connectivity index (χ0n) is 7.40. The van der Waals surface area contributed by atoms with Gasteiger partial charge in [0, 0.05) is 6.04 Å². The second-order valence-corrected chi connectivity index (χ2v) is 2.76. The molecule has 1 aromatic rings. The number of rotatable bonds is 2. The summed E-state index contributed by atoms with van der Waals surface area (Å²) in [6.45, 7) is 1.97. The summed E-state index contributed by atoms with van der Waals surface area (Å²) in [5.41, 5.74) is 6.56. The Bertz CT molecular complexity index is 278. The fourth-order valence-electron chi connectivity index (χ4n) is 1.01. The maximum absolute atomic E-state index is 9.14. The third-order valence-electron chi connectivity index (χ3n) is 1.87. The van der Waals surface area contributed by atoms with E-state index in [0.29, 0.717) is 0 Å². The van der Waals surface area contributed by atoms with Crippen LogP contribution in [-0.4, -0.2) is 10.2 Å². The van der Waals surface area contributed by atoms with E-state index in [4.69, 9.17) is 15.9 Å². The quantitative estimate of drug-likeness (QED) is 0.644. The molecule has 0 aliphatic carbocycles. The largest absolute Gasteiger partial charge is 0.504 e. The van der Waals surface area contributed by atoms with Crippen molar-refractivity contribution in [3.63, 3.8) is 0 Å². The van der Waals surface area contributed by atoms with Crippen molar-refractivity contribution in [1.29, 1.82) is 0 Å². The Hall–Kier alpha value is -0.930. The van der Waals surface area contributed by atoms with Gasteiger partial charge in [0.2, 0.25) is 0 Å². The molecule has 1 unspecified atom stereocenters. The first-order valence-electron chi connectivity index (χ1n) is 3.92. The monoisotopic (exact) mass is 203 g/mol. The molecule has 74 valence electrons. The predicted octanol–water partition coefficient (Wildman–Crippen LogP) is 1.93. The van der Waals surface area contributed by atoms with E-state index in [1.54, 1.807) is 6.07 Å². The molecule has 0 saturated carbocycles. The molecule has 0 fully saturated rings. The lowest BCUT2D eigenvalue weighted by atomic mass is 10.1. The summed E-state index contributed by atoms with van der Waals surface area (Å²) in [5, 5.41) is 18.1. The van der Waals surface area contributed by atoms with Gasteiger partial charge in [0.1, 0.15) is 0 Å². The molecule has 0 bridgehead atoms. The van der Waals surface area contributed by atoms with Gasteiger partial charge in [0.05, 0.1) is 0 Å². The van der Waals surface area contributed by atoms with Gasteiger partial charge in [-0.05, 0) is 24.1 Å². The van der Waals surface area contributed by atoms with Crippen LogP contribution in [0.1, 0.15) is 24.9 Å². The lowest BCUT2D eigenvalue weighted by Crippen LogP contribution is -2.07. The summed E-state index contributed by atoms with van der Waals surface area (Å²) in [7, 11) is 0. The normalized spacial score (nSPS) is 11.8. The summed E-state index contributed by atoms with van der Waals surface area (Å²) in [4.78, 5) is 0. The lowest BCUT2D eigenvalue weighted by Gasteiger charge is -2.09. The Balaban J connectivity index is 0.00000144. The van der Waals surface area contributed by atoms with Gasteiger partial charge >= 0.3 is 0 Å². The minimum Gasteiger partial charge on any atom is -0.504 e. The highest BCUT2D eigenvalue weighted by Gasteiger charge is 2.05. The Kier molecular flexibility index (Phi) is 4.59. The second kappa shape index (κ2) is 4.94. The van der Waals surface area contributed by atoms with Gasteiger partial charge in [-0.25, -0.2) is 0 Å². The van der Waals surface area contributed by atoms with Crippen LogP contribution < -0.4 is 5.73 Å². The SMILES string of the molecule is CCC(N)c1ccc(O)c(O)c1.Cl. The molecule has 0 radical (unpaired) electrons. The number of halogens is 1. The van der Waals surface area contributed by atoms with Crippen LogP contribution in [-0.2, 0) is 0 Å². The van der Waals surface area contributed by atoms with E-state index < -0.39 is 0 Å². The lowest BCUT2D eigenvalue weighted by molar-refractivity contribution is 0.402. The first kappa shape index (κ1) is 12.1. The summed E-state index contributed by atoms with van der Waals surface area (Å²) in [6.07, 6.45) is 0.810. The van der Waals surface area contributed by atoms with Crippen molar-refractivity contribution in [2.75, 3.05) is 0 Å². The Morgan fingerprint density at radius 2 is 1.92 bits per heavy atom. The molecule has 0 aliphatic heterocycles. The minimum absolute atomic E-state index is 0. The maximum Gasteiger partial charge on any atom is 0.157 e. The predicted molar refractivity (Wildman–Crippen MR) is 54.2 cm³/mol. The van der Waals surface area contributed by atoms with Crippen molar-refractivity contribution in [2.24, 2.45) is 5.73 Å². The molecule has 4 N–H and O–H groups in total. The first-order valence-corrected chi connectivity index (χ1v) is 3.92. The number of phenols is 2. The van der Waals surface area contributed by atoms with E-state index >= 15 is 0 Å². The molecular formula is C9H14ClNO2. The maximum atomic E-state index is 9.14. The number of phenolic OH excluding ortho intramolecular Hbond substituents is 2. The molecule has 0 amide bonds. The molecule has 0 aromatic heterocycles. The second-order valence-electron chi connectivity index (χ2n) is 2.76. The highest BCUT2D eigenvalue weighted by atomic mass is 35.5. The minimum atomic E-state index is -0.114. The van der Waals surface area contributed by atoms with Crippen molar-refractivity contribution in [3.05, 3.63) is 23.8 Å². The van der Waals surface area contributed by atoms with Crippen LogP contribution in [0, 0.1) is 0 Å². The van der Waals surface area contributed by atoms with Crippen molar-refractivity contribution in [1.82, 2.24) is 0 Å². The molecule has 0 saturated heterocycles. The van der Waals surface area contributed by atoms with Crippen LogP contribution in [0.4, 0.5) is 0 Å². The van der Waals surface area contributed by atoms with E-state index in [9.17, 15) is 0 Å². The summed E-state index contributed by atoms with van der Waals surface area (Å²) < 4.78 is 0. The highest BCUT2D eigenvalue weighted by molar-refractivity contribution is 5.85. The van der Waals surface area contributed by atoms with Crippen LogP contribution in [0.25, 0.3) is 0 Å². The van der Waals surface area contributed by atoms with Crippen LogP contribution in [0.2, 0.25) is 0 Å². The van der Waals surface area contributed by atoms with E-state index in [2.05, 4.69) is 0 Å². The Morgan fingerprint density at radius 3 is 2.38 bits per heavy atom. The molecule has 0 heterocycles. The number of nitrogens with two attached hydrogens (primary N) is 1. The fourth-order valence-corrected chi connectivity index (χ4v) is 1.01. The summed E-state index contributed by atoms with van der Waals surface area (Å²) in [6, 6.07) is 4.57. The van der Waals surface area contributed by atoms with Crippen LogP contribution in [0.3, 0.4) is 0 Å². The average Bonchev–Trinajstić information content (AvgIpc) is 2.08. The molecule has 1 rings (SSSR count). The smallest absolute Gasteiger partial charge is 0.157 e. The van der Waals surface area contributed by atoms with Gasteiger partial charge < -0.3 is 15.9 Å². The summed E-state index contributed by atoms with van der Waals surface area (Å²) >= 11 is 0. The zero-order valence-corrected chi connectivity index (χ0v) is 8.21. The van der Waals surface area contributed by atoms with E-state index in [1.165, 1.54) is 12.1 Å². The van der Waals surface area contributed by atoms with Gasteiger partial charge in [-0.15, -0.1) is 12.4 Å². The number of benzene rings is 1. The zero-order chi connectivity index (χ0) is 9.14. The molecule has 0 spiro atoms. The van der Waals surface area contributed by atoms with Crippen molar-refractivity contribution >= 4 is 12.4 Å². The van der Waals surface area contributed by atoms with Crippen molar-refractivity contribution in [3.8, 4) is 11.5 Å². The van der Waals surface area contributed by atoms with Gasteiger partial charge in [-0.3, -0.25) is 0 Å². The molecule has 0 aliphatic rings. The molecular weight excluding hydrogens is 190 g/mol. The standard InChI is InChI=1S/C9H13NO2.ClH/c1-2-7(10)6-3-4-8(11)9(12)5-6;/h3-5,7,11-12H,2,10H2,1H3;1H. The van der Waals surface area contributed by atoms with Gasteiger partial charge in [-0.1, -0.05) is 13.0 Å². The van der Waals surface area contributed by atoms with Gasteiger partial charge in [0.25, 0.3) is 0 Å². The average molecular weight is 204 g/mol. The van der Waals surface area contributed by atoms with Crippen molar-refractivity contribution in [2.45, 2.75) is 19.4 Å². The molecule has 13 heavy (non-hydrogen) atoms. The molecule has 4 heteroatoms. The van der Waals surface area contributed by atoms with Crippen LogP contribution >= 0.6 is 12.4 Å². The molecule has 1 atom stereocenters. The molecule has 3 nitrogen and oxygen atoms in total. The van der Waals surface area contributed by atoms with Crippen LogP contribution in [0.15, 0.2) is 18.2 Å². The van der Waals surface area contributed by atoms with E-state index in [-0.39, 0.29) is 29.9 Å². The first-order chi connectivity index (χ1) is 5.65. The molecule has 1 aromatic carbocycles. The van der Waals surface area contributed by atoms with Crippen molar-refractivity contribution < 1.29 is 10.2 Å². The Morgan fingerprint density at radius 1 is 1.31 bits per heavy atom. The summed E-state index contributed by atoms with van der Waals surface area (Å²) in [5.74, 6) is -0.224. The highest BCUT2D eigenvalue weighted by Crippen LogP contribution is 2.27. The van der Waals surface area contributed by atoms with E-state index in [1.807, 2.05) is 6.92 Å². The third-order valence-corrected chi connectivity index (χ3v) is 1.87. The van der Waals surface area contributed by atoms with Gasteiger partial charge in [-0.2, -0.15) is 0 Å². The van der Waals surface area contributed by atoms with Crippen LogP contribution in [0.5, 0.6) is 11.5 Å².